The zero-order chi connectivity index (χ0) is 16.7. The molecule has 0 spiro atoms. The SMILES string of the molecule is Nc1cc(Cl)ccc1Cn1cc(C(F)(F)F)nc1C(F)(F)F. The van der Waals surface area contributed by atoms with Crippen LogP contribution in [0.15, 0.2) is 24.4 Å². The van der Waals surface area contributed by atoms with Gasteiger partial charge in [-0.15, -0.1) is 0 Å². The van der Waals surface area contributed by atoms with E-state index in [1.54, 1.807) is 0 Å². The van der Waals surface area contributed by atoms with Gasteiger partial charge in [0.15, 0.2) is 5.69 Å². The molecule has 0 saturated carbocycles. The fourth-order valence-electron chi connectivity index (χ4n) is 1.79. The zero-order valence-corrected chi connectivity index (χ0v) is 11.4. The van der Waals surface area contributed by atoms with Crippen molar-refractivity contribution in [1.29, 1.82) is 0 Å². The van der Waals surface area contributed by atoms with Gasteiger partial charge in [0.2, 0.25) is 5.82 Å². The van der Waals surface area contributed by atoms with E-state index >= 15 is 0 Å². The highest BCUT2D eigenvalue weighted by molar-refractivity contribution is 6.30. The van der Waals surface area contributed by atoms with Gasteiger partial charge in [0.05, 0.1) is 6.54 Å². The molecule has 0 saturated heterocycles. The first-order chi connectivity index (χ1) is 9.98. The molecule has 0 amide bonds. The van der Waals surface area contributed by atoms with Crippen molar-refractivity contribution in [2.75, 3.05) is 5.73 Å². The maximum absolute atomic E-state index is 12.8. The summed E-state index contributed by atoms with van der Waals surface area (Å²) < 4.78 is 76.5. The number of nitrogens with two attached hydrogens (primary N) is 1. The van der Waals surface area contributed by atoms with Crippen LogP contribution >= 0.6 is 11.6 Å². The predicted molar refractivity (Wildman–Crippen MR) is 67.2 cm³/mol. The van der Waals surface area contributed by atoms with Gasteiger partial charge in [-0.3, -0.25) is 0 Å². The van der Waals surface area contributed by atoms with Crippen LogP contribution in [0.5, 0.6) is 0 Å². The molecule has 0 unspecified atom stereocenters. The van der Waals surface area contributed by atoms with Crippen molar-refractivity contribution in [3.8, 4) is 0 Å². The Kier molecular flexibility index (Phi) is 4.03. The van der Waals surface area contributed by atoms with Gasteiger partial charge in [-0.25, -0.2) is 4.98 Å². The fourth-order valence-corrected chi connectivity index (χ4v) is 1.97. The molecule has 0 bridgehead atoms. The third-order valence-corrected chi connectivity index (χ3v) is 3.00. The number of hydrogen-bond acceptors (Lipinski definition) is 2. The minimum atomic E-state index is -5.02. The van der Waals surface area contributed by atoms with E-state index in [1.807, 2.05) is 0 Å². The van der Waals surface area contributed by atoms with Crippen LogP contribution in [-0.4, -0.2) is 9.55 Å². The minimum absolute atomic E-state index is 0.0721. The van der Waals surface area contributed by atoms with Gasteiger partial charge in [0.1, 0.15) is 0 Å². The first-order valence-corrected chi connectivity index (χ1v) is 6.12. The second-order valence-electron chi connectivity index (χ2n) is 4.42. The zero-order valence-electron chi connectivity index (χ0n) is 10.6. The first-order valence-electron chi connectivity index (χ1n) is 5.74. The Morgan fingerprint density at radius 2 is 1.73 bits per heavy atom. The molecule has 0 atom stereocenters. The Morgan fingerprint density at radius 3 is 2.23 bits per heavy atom. The molecule has 2 aromatic rings. The van der Waals surface area contributed by atoms with Crippen molar-refractivity contribution in [1.82, 2.24) is 9.55 Å². The van der Waals surface area contributed by atoms with E-state index in [2.05, 4.69) is 4.98 Å². The van der Waals surface area contributed by atoms with Crippen LogP contribution in [-0.2, 0) is 18.9 Å². The van der Waals surface area contributed by atoms with E-state index in [1.165, 1.54) is 18.2 Å². The highest BCUT2D eigenvalue weighted by Gasteiger charge is 2.42. The molecular formula is C12H8ClF6N3. The molecule has 3 nitrogen and oxygen atoms in total. The highest BCUT2D eigenvalue weighted by Crippen LogP contribution is 2.34. The number of nitrogen functional groups attached to an aromatic ring is 1. The molecule has 120 valence electrons. The second-order valence-corrected chi connectivity index (χ2v) is 4.85. The molecule has 0 aliphatic rings. The minimum Gasteiger partial charge on any atom is -0.398 e. The molecule has 2 N–H and O–H groups in total. The molecule has 1 heterocycles. The molecule has 0 aliphatic carbocycles. The molecule has 22 heavy (non-hydrogen) atoms. The maximum Gasteiger partial charge on any atom is 0.449 e. The fraction of sp³-hybridized carbons (Fsp3) is 0.250. The highest BCUT2D eigenvalue weighted by atomic mass is 35.5. The smallest absolute Gasteiger partial charge is 0.398 e. The van der Waals surface area contributed by atoms with E-state index < -0.39 is 30.4 Å². The first kappa shape index (κ1) is 16.5. The normalized spacial score (nSPS) is 12.7. The maximum atomic E-state index is 12.8. The number of alkyl halides is 6. The van der Waals surface area contributed by atoms with Crippen LogP contribution < -0.4 is 5.73 Å². The van der Waals surface area contributed by atoms with E-state index in [-0.39, 0.29) is 16.3 Å². The van der Waals surface area contributed by atoms with Gasteiger partial charge in [-0.05, 0) is 17.7 Å². The van der Waals surface area contributed by atoms with Crippen LogP contribution in [0, 0.1) is 0 Å². The van der Waals surface area contributed by atoms with E-state index in [0.29, 0.717) is 10.8 Å². The standard InChI is InChI=1S/C12H8ClF6N3/c13-7-2-1-6(8(20)3-7)4-22-5-9(11(14,15)16)21-10(22)12(17,18)19/h1-3,5H,4,20H2. The third kappa shape index (κ3) is 3.46. The monoisotopic (exact) mass is 343 g/mol. The molecule has 1 aromatic heterocycles. The summed E-state index contributed by atoms with van der Waals surface area (Å²) in [6, 6.07) is 4.01. The Bertz CT molecular complexity index is 689. The second kappa shape index (κ2) is 5.38. The number of imidazole rings is 1. The average Bonchev–Trinajstić information content (AvgIpc) is 2.76. The molecule has 2 rings (SSSR count). The van der Waals surface area contributed by atoms with Crippen molar-refractivity contribution in [2.45, 2.75) is 18.9 Å². The number of benzene rings is 1. The number of rotatable bonds is 2. The van der Waals surface area contributed by atoms with Crippen LogP contribution in [0.1, 0.15) is 17.1 Å². The van der Waals surface area contributed by atoms with Gasteiger partial charge in [0.25, 0.3) is 0 Å². The van der Waals surface area contributed by atoms with Crippen molar-refractivity contribution in [3.63, 3.8) is 0 Å². The largest absolute Gasteiger partial charge is 0.449 e. The molecule has 1 aromatic carbocycles. The van der Waals surface area contributed by atoms with Crippen LogP contribution in [0.3, 0.4) is 0 Å². The van der Waals surface area contributed by atoms with E-state index in [9.17, 15) is 26.3 Å². The summed E-state index contributed by atoms with van der Waals surface area (Å²) in [6.45, 7) is -0.513. The number of anilines is 1. The van der Waals surface area contributed by atoms with E-state index in [4.69, 9.17) is 17.3 Å². The summed E-state index contributed by atoms with van der Waals surface area (Å²) >= 11 is 5.66. The number of halogens is 7. The Balaban J connectivity index is 2.47. The van der Waals surface area contributed by atoms with Gasteiger partial charge in [-0.2, -0.15) is 26.3 Å². The lowest BCUT2D eigenvalue weighted by Gasteiger charge is -2.11. The summed E-state index contributed by atoms with van der Waals surface area (Å²) in [7, 11) is 0. The molecule has 10 heteroatoms. The Morgan fingerprint density at radius 1 is 1.09 bits per heavy atom. The third-order valence-electron chi connectivity index (χ3n) is 2.77. The summed E-state index contributed by atoms with van der Waals surface area (Å²) in [5, 5.41) is 0.263. The Labute approximate surface area is 125 Å². The number of hydrogen-bond donors (Lipinski definition) is 1. The topological polar surface area (TPSA) is 43.8 Å². The van der Waals surface area contributed by atoms with Crippen LogP contribution in [0.25, 0.3) is 0 Å². The molecule has 0 aliphatic heterocycles. The van der Waals surface area contributed by atoms with Gasteiger partial charge >= 0.3 is 12.4 Å². The van der Waals surface area contributed by atoms with E-state index in [0.717, 1.165) is 0 Å². The van der Waals surface area contributed by atoms with Gasteiger partial charge in [-0.1, -0.05) is 17.7 Å². The van der Waals surface area contributed by atoms with Crippen molar-refractivity contribution in [3.05, 3.63) is 46.5 Å². The van der Waals surface area contributed by atoms with Crippen molar-refractivity contribution < 1.29 is 26.3 Å². The van der Waals surface area contributed by atoms with Crippen LogP contribution in [0.2, 0.25) is 5.02 Å². The lowest BCUT2D eigenvalue weighted by molar-refractivity contribution is -0.150. The summed E-state index contributed by atoms with van der Waals surface area (Å²) in [6.07, 6.45) is -9.70. The van der Waals surface area contributed by atoms with Gasteiger partial charge in [0, 0.05) is 16.9 Å². The summed E-state index contributed by atoms with van der Waals surface area (Å²) in [5.74, 6) is -1.64. The lowest BCUT2D eigenvalue weighted by atomic mass is 10.2. The van der Waals surface area contributed by atoms with Gasteiger partial charge < -0.3 is 10.3 Å². The number of nitrogens with zero attached hydrogens (tertiary/aromatic N) is 2. The summed E-state index contributed by atoms with van der Waals surface area (Å²) in [5.41, 5.74) is 4.25. The average molecular weight is 344 g/mol. The molecular weight excluding hydrogens is 336 g/mol. The molecule has 0 radical (unpaired) electrons. The predicted octanol–water partition coefficient (Wildman–Crippen LogP) is 4.20. The van der Waals surface area contributed by atoms with Crippen LogP contribution in [0.4, 0.5) is 32.0 Å². The van der Waals surface area contributed by atoms with Crippen molar-refractivity contribution in [2.24, 2.45) is 0 Å². The molecule has 0 fully saturated rings. The van der Waals surface area contributed by atoms with Crippen molar-refractivity contribution >= 4 is 17.3 Å². The lowest BCUT2D eigenvalue weighted by Crippen LogP contribution is -2.16. The summed E-state index contributed by atoms with van der Waals surface area (Å²) in [4.78, 5) is 2.64. The number of aromatic nitrogens is 2. The quantitative estimate of drug-likeness (QED) is 0.656. The Hall–Kier alpha value is -1.90.